The Labute approximate surface area is 106 Å². The molecule has 0 amide bonds. The Morgan fingerprint density at radius 2 is 1.78 bits per heavy atom. The Morgan fingerprint density at radius 3 is 2.39 bits per heavy atom. The minimum Gasteiger partial charge on any atom is -0.457 e. The first kappa shape index (κ1) is 12.6. The molecule has 1 atom stereocenters. The van der Waals surface area contributed by atoms with Crippen molar-refractivity contribution in [2.75, 3.05) is 7.05 Å². The fourth-order valence-corrected chi connectivity index (χ4v) is 1.66. The van der Waals surface area contributed by atoms with Gasteiger partial charge in [-0.05, 0) is 43.8 Å². The Bertz CT molecular complexity index is 510. The van der Waals surface area contributed by atoms with E-state index in [0.717, 1.165) is 0 Å². The average molecular weight is 245 g/mol. The summed E-state index contributed by atoms with van der Waals surface area (Å²) in [7, 11) is 1.92. The van der Waals surface area contributed by atoms with Gasteiger partial charge < -0.3 is 10.1 Å². The topological polar surface area (TPSA) is 21.3 Å². The number of ether oxygens (including phenoxy) is 1. The summed E-state index contributed by atoms with van der Waals surface area (Å²) in [6.45, 7) is 2.09. The normalized spacial score (nSPS) is 12.2. The van der Waals surface area contributed by atoms with Gasteiger partial charge in [-0.1, -0.05) is 18.2 Å². The number of nitrogens with one attached hydrogen (secondary N) is 1. The molecule has 0 radical (unpaired) electrons. The molecule has 2 rings (SSSR count). The van der Waals surface area contributed by atoms with Gasteiger partial charge >= 0.3 is 0 Å². The lowest BCUT2D eigenvalue weighted by Gasteiger charge is -2.11. The Balaban J connectivity index is 2.11. The number of rotatable bonds is 4. The maximum Gasteiger partial charge on any atom is 0.130 e. The summed E-state index contributed by atoms with van der Waals surface area (Å²) in [5.41, 5.74) is 1.18. The predicted octanol–water partition coefficient (Wildman–Crippen LogP) is 3.90. The van der Waals surface area contributed by atoms with E-state index in [0.29, 0.717) is 17.5 Å². The second kappa shape index (κ2) is 5.65. The van der Waals surface area contributed by atoms with Crippen molar-refractivity contribution in [2.45, 2.75) is 13.0 Å². The minimum absolute atomic E-state index is 0.298. The highest BCUT2D eigenvalue weighted by molar-refractivity contribution is 5.34. The molecule has 0 heterocycles. The highest BCUT2D eigenvalue weighted by atomic mass is 19.1. The van der Waals surface area contributed by atoms with Crippen LogP contribution in [0.15, 0.2) is 48.5 Å². The SMILES string of the molecule is CNC(C)c1ccc(Oc2cccc(F)c2)cc1. The summed E-state index contributed by atoms with van der Waals surface area (Å²) in [4.78, 5) is 0. The van der Waals surface area contributed by atoms with Crippen LogP contribution in [0.5, 0.6) is 11.5 Å². The summed E-state index contributed by atoms with van der Waals surface area (Å²) in [6, 6.07) is 14.2. The second-order valence-electron chi connectivity index (χ2n) is 4.14. The van der Waals surface area contributed by atoms with E-state index < -0.39 is 0 Å². The van der Waals surface area contributed by atoms with Gasteiger partial charge in [0.1, 0.15) is 17.3 Å². The predicted molar refractivity (Wildman–Crippen MR) is 70.4 cm³/mol. The third kappa shape index (κ3) is 3.08. The van der Waals surface area contributed by atoms with Crippen molar-refractivity contribution in [1.29, 1.82) is 0 Å². The van der Waals surface area contributed by atoms with Gasteiger partial charge in [0.25, 0.3) is 0 Å². The molecule has 0 aliphatic heterocycles. The number of benzene rings is 2. The molecule has 0 aliphatic carbocycles. The van der Waals surface area contributed by atoms with E-state index in [1.807, 2.05) is 31.3 Å². The number of halogens is 1. The number of hydrogen-bond acceptors (Lipinski definition) is 2. The fourth-order valence-electron chi connectivity index (χ4n) is 1.66. The van der Waals surface area contributed by atoms with Gasteiger partial charge in [-0.25, -0.2) is 4.39 Å². The molecule has 2 aromatic carbocycles. The zero-order valence-electron chi connectivity index (χ0n) is 10.5. The Kier molecular flexibility index (Phi) is 3.95. The van der Waals surface area contributed by atoms with Crippen LogP contribution in [0, 0.1) is 5.82 Å². The lowest BCUT2D eigenvalue weighted by Crippen LogP contribution is -2.11. The van der Waals surface area contributed by atoms with Crippen LogP contribution in [0.1, 0.15) is 18.5 Å². The summed E-state index contributed by atoms with van der Waals surface area (Å²) in [6.07, 6.45) is 0. The van der Waals surface area contributed by atoms with Crippen LogP contribution < -0.4 is 10.1 Å². The molecule has 0 saturated heterocycles. The van der Waals surface area contributed by atoms with Gasteiger partial charge in [0.15, 0.2) is 0 Å². The molecule has 0 fully saturated rings. The van der Waals surface area contributed by atoms with E-state index in [2.05, 4.69) is 12.2 Å². The van der Waals surface area contributed by atoms with Gasteiger partial charge in [-0.15, -0.1) is 0 Å². The fraction of sp³-hybridized carbons (Fsp3) is 0.200. The molecular weight excluding hydrogens is 229 g/mol. The Morgan fingerprint density at radius 1 is 1.06 bits per heavy atom. The van der Waals surface area contributed by atoms with Crippen LogP contribution in [0.3, 0.4) is 0 Å². The largest absolute Gasteiger partial charge is 0.457 e. The van der Waals surface area contributed by atoms with Crippen LogP contribution in [-0.4, -0.2) is 7.05 Å². The number of hydrogen-bond donors (Lipinski definition) is 1. The maximum absolute atomic E-state index is 13.0. The van der Waals surface area contributed by atoms with Crippen molar-refractivity contribution in [3.05, 3.63) is 59.9 Å². The van der Waals surface area contributed by atoms with E-state index in [4.69, 9.17) is 4.74 Å². The highest BCUT2D eigenvalue weighted by Crippen LogP contribution is 2.23. The van der Waals surface area contributed by atoms with Gasteiger partial charge in [0, 0.05) is 12.1 Å². The summed E-state index contributed by atoms with van der Waals surface area (Å²) in [5, 5.41) is 3.17. The molecule has 1 unspecified atom stereocenters. The van der Waals surface area contributed by atoms with Crippen molar-refractivity contribution < 1.29 is 9.13 Å². The molecule has 2 aromatic rings. The molecule has 3 heteroatoms. The molecule has 18 heavy (non-hydrogen) atoms. The van der Waals surface area contributed by atoms with Crippen LogP contribution in [0.25, 0.3) is 0 Å². The first-order valence-electron chi connectivity index (χ1n) is 5.89. The molecule has 1 N–H and O–H groups in total. The monoisotopic (exact) mass is 245 g/mol. The van der Waals surface area contributed by atoms with E-state index in [9.17, 15) is 4.39 Å². The van der Waals surface area contributed by atoms with E-state index >= 15 is 0 Å². The zero-order chi connectivity index (χ0) is 13.0. The van der Waals surface area contributed by atoms with Gasteiger partial charge in [0.2, 0.25) is 0 Å². The molecule has 2 nitrogen and oxygen atoms in total. The first-order chi connectivity index (χ1) is 8.69. The smallest absolute Gasteiger partial charge is 0.130 e. The van der Waals surface area contributed by atoms with Crippen LogP contribution in [0.4, 0.5) is 4.39 Å². The second-order valence-corrected chi connectivity index (χ2v) is 4.14. The van der Waals surface area contributed by atoms with Gasteiger partial charge in [-0.3, -0.25) is 0 Å². The third-order valence-electron chi connectivity index (χ3n) is 2.84. The molecule has 94 valence electrons. The molecule has 0 aliphatic rings. The average Bonchev–Trinajstić information content (AvgIpc) is 2.39. The van der Waals surface area contributed by atoms with Gasteiger partial charge in [0.05, 0.1) is 0 Å². The van der Waals surface area contributed by atoms with Crippen molar-refractivity contribution in [1.82, 2.24) is 5.32 Å². The quantitative estimate of drug-likeness (QED) is 0.882. The molecular formula is C15H16FNO. The lowest BCUT2D eigenvalue weighted by molar-refractivity contribution is 0.476. The summed E-state index contributed by atoms with van der Waals surface area (Å²) < 4.78 is 18.6. The van der Waals surface area contributed by atoms with Crippen LogP contribution in [-0.2, 0) is 0 Å². The van der Waals surface area contributed by atoms with Crippen LogP contribution in [0.2, 0.25) is 0 Å². The maximum atomic E-state index is 13.0. The molecule has 0 saturated carbocycles. The molecule has 0 aromatic heterocycles. The third-order valence-corrected chi connectivity index (χ3v) is 2.84. The Hall–Kier alpha value is -1.87. The lowest BCUT2D eigenvalue weighted by atomic mass is 10.1. The van der Waals surface area contributed by atoms with Crippen LogP contribution >= 0.6 is 0 Å². The van der Waals surface area contributed by atoms with E-state index in [1.54, 1.807) is 12.1 Å². The summed E-state index contributed by atoms with van der Waals surface area (Å²) in [5.74, 6) is 0.907. The van der Waals surface area contributed by atoms with Crippen molar-refractivity contribution in [2.24, 2.45) is 0 Å². The minimum atomic E-state index is -0.298. The highest BCUT2D eigenvalue weighted by Gasteiger charge is 2.03. The van der Waals surface area contributed by atoms with Gasteiger partial charge in [-0.2, -0.15) is 0 Å². The summed E-state index contributed by atoms with van der Waals surface area (Å²) >= 11 is 0. The standard InChI is InChI=1S/C15H16FNO/c1-11(17-2)12-6-8-14(9-7-12)18-15-5-3-4-13(16)10-15/h3-11,17H,1-2H3. The van der Waals surface area contributed by atoms with E-state index in [1.165, 1.54) is 17.7 Å². The molecule has 0 spiro atoms. The van der Waals surface area contributed by atoms with Crippen molar-refractivity contribution >= 4 is 0 Å². The molecule has 0 bridgehead atoms. The van der Waals surface area contributed by atoms with Crippen molar-refractivity contribution in [3.63, 3.8) is 0 Å². The van der Waals surface area contributed by atoms with Crippen molar-refractivity contribution in [3.8, 4) is 11.5 Å². The van der Waals surface area contributed by atoms with E-state index in [-0.39, 0.29) is 5.82 Å². The first-order valence-corrected chi connectivity index (χ1v) is 5.89. The zero-order valence-corrected chi connectivity index (χ0v) is 10.5.